The number of rotatable bonds is 2. The van der Waals surface area contributed by atoms with Gasteiger partial charge in [0.1, 0.15) is 5.76 Å². The molecule has 1 heterocycles. The van der Waals surface area contributed by atoms with Crippen molar-refractivity contribution in [3.63, 3.8) is 0 Å². The van der Waals surface area contributed by atoms with Crippen molar-refractivity contribution in [2.24, 2.45) is 0 Å². The van der Waals surface area contributed by atoms with Crippen LogP contribution in [0.2, 0.25) is 0 Å². The molecule has 0 saturated heterocycles. The number of hydrogen-bond acceptors (Lipinski definition) is 3. The highest BCUT2D eigenvalue weighted by Gasteiger charge is 2.19. The van der Waals surface area contributed by atoms with Gasteiger partial charge in [0.05, 0.1) is 5.56 Å². The number of aromatic hydroxyl groups is 1. The number of halogens is 1. The Labute approximate surface area is 153 Å². The molecule has 0 unspecified atom stereocenters. The first-order valence-corrected chi connectivity index (χ1v) is 8.53. The summed E-state index contributed by atoms with van der Waals surface area (Å²) in [4.78, 5) is 12.3. The molecule has 3 nitrogen and oxygen atoms in total. The molecule has 25 heavy (non-hydrogen) atoms. The van der Waals surface area contributed by atoms with Gasteiger partial charge in [0.25, 0.3) is 5.95 Å². The van der Waals surface area contributed by atoms with E-state index in [1.165, 1.54) is 0 Å². The number of hydrogen-bond donors (Lipinski definition) is 1. The number of carbonyl (C=O) groups is 1. The summed E-state index contributed by atoms with van der Waals surface area (Å²) in [6, 6.07) is 17.0. The minimum atomic E-state index is -0.203. The number of furan rings is 1. The summed E-state index contributed by atoms with van der Waals surface area (Å²) in [6.45, 7) is 0. The molecule has 0 amide bonds. The first kappa shape index (κ1) is 15.7. The van der Waals surface area contributed by atoms with E-state index in [1.807, 2.05) is 48.5 Å². The zero-order chi connectivity index (χ0) is 17.4. The molecule has 0 saturated carbocycles. The molecule has 1 aliphatic carbocycles. The van der Waals surface area contributed by atoms with Crippen molar-refractivity contribution >= 4 is 39.4 Å². The Hall–Kier alpha value is -2.85. The fourth-order valence-electron chi connectivity index (χ4n) is 2.84. The number of ketones is 1. The topological polar surface area (TPSA) is 50.4 Å². The Balaban J connectivity index is 1.78. The number of fused-ring (bicyclic) bond motifs is 1. The highest BCUT2D eigenvalue weighted by molar-refractivity contribution is 9.10. The average molecular weight is 393 g/mol. The normalized spacial score (nSPS) is 14.8. The van der Waals surface area contributed by atoms with Crippen LogP contribution in [-0.4, -0.2) is 10.9 Å². The first-order chi connectivity index (χ1) is 12.1. The van der Waals surface area contributed by atoms with Gasteiger partial charge in [-0.3, -0.25) is 4.79 Å². The molecule has 3 aromatic rings. The van der Waals surface area contributed by atoms with Crippen molar-refractivity contribution in [2.45, 2.75) is 0 Å². The minimum absolute atomic E-state index is 0.0931. The molecule has 1 aliphatic rings. The second-order valence-corrected chi connectivity index (χ2v) is 6.64. The minimum Gasteiger partial charge on any atom is -0.480 e. The van der Waals surface area contributed by atoms with E-state index in [1.54, 1.807) is 24.3 Å². The van der Waals surface area contributed by atoms with Crippen LogP contribution in [0.15, 0.2) is 69.6 Å². The van der Waals surface area contributed by atoms with Crippen molar-refractivity contribution in [2.75, 3.05) is 0 Å². The van der Waals surface area contributed by atoms with E-state index in [4.69, 9.17) is 4.42 Å². The second kappa shape index (κ2) is 6.22. The van der Waals surface area contributed by atoms with E-state index in [0.29, 0.717) is 16.9 Å². The third-order valence-electron chi connectivity index (χ3n) is 4.10. The molecule has 122 valence electrons. The lowest BCUT2D eigenvalue weighted by atomic mass is 9.90. The molecule has 4 rings (SSSR count). The van der Waals surface area contributed by atoms with E-state index in [2.05, 4.69) is 15.9 Å². The van der Waals surface area contributed by atoms with Crippen molar-refractivity contribution in [1.82, 2.24) is 0 Å². The molecule has 0 fully saturated rings. The van der Waals surface area contributed by atoms with Gasteiger partial charge in [-0.05, 0) is 41.5 Å². The van der Waals surface area contributed by atoms with Crippen LogP contribution < -0.4 is 0 Å². The predicted octanol–water partition coefficient (Wildman–Crippen LogP) is 5.55. The monoisotopic (exact) mass is 392 g/mol. The van der Waals surface area contributed by atoms with Gasteiger partial charge in [0.2, 0.25) is 0 Å². The Morgan fingerprint density at radius 1 is 1.00 bits per heavy atom. The van der Waals surface area contributed by atoms with Crippen LogP contribution in [0.25, 0.3) is 29.0 Å². The summed E-state index contributed by atoms with van der Waals surface area (Å²) in [5.74, 6) is 0.249. The van der Waals surface area contributed by atoms with Gasteiger partial charge in [-0.25, -0.2) is 0 Å². The molecule has 0 radical (unpaired) electrons. The van der Waals surface area contributed by atoms with Crippen molar-refractivity contribution in [3.8, 4) is 17.3 Å². The smallest absolute Gasteiger partial charge is 0.289 e. The summed E-state index contributed by atoms with van der Waals surface area (Å²) in [6.07, 6.45) is 5.02. The van der Waals surface area contributed by atoms with Gasteiger partial charge in [0.15, 0.2) is 5.78 Å². The van der Waals surface area contributed by atoms with Gasteiger partial charge in [-0.2, -0.15) is 0 Å². The van der Waals surface area contributed by atoms with Crippen LogP contribution in [0.1, 0.15) is 16.7 Å². The lowest BCUT2D eigenvalue weighted by molar-refractivity contribution is -0.109. The zero-order valence-electron chi connectivity index (χ0n) is 13.1. The standard InChI is InChI=1S/C21H13BrO3/c22-16-8-5-14(6-9-16)20-12-15(21(24)25-20)11-18-17-4-2-1-3-13(17)7-10-19(18)23/h1-12,24H. The fraction of sp³-hybridized carbons (Fsp3) is 0. The lowest BCUT2D eigenvalue weighted by Gasteiger charge is -2.12. The van der Waals surface area contributed by atoms with Gasteiger partial charge < -0.3 is 9.52 Å². The van der Waals surface area contributed by atoms with E-state index >= 15 is 0 Å². The van der Waals surface area contributed by atoms with Crippen molar-refractivity contribution in [3.05, 3.63) is 81.8 Å². The predicted molar refractivity (Wildman–Crippen MR) is 102 cm³/mol. The number of benzene rings is 2. The molecule has 0 bridgehead atoms. The zero-order valence-corrected chi connectivity index (χ0v) is 14.7. The average Bonchev–Trinajstić information content (AvgIpc) is 2.99. The number of allylic oxidation sites excluding steroid dienone is 2. The molecular formula is C21H13BrO3. The van der Waals surface area contributed by atoms with Crippen LogP contribution in [0.4, 0.5) is 0 Å². The van der Waals surface area contributed by atoms with Crippen molar-refractivity contribution < 1.29 is 14.3 Å². The third-order valence-corrected chi connectivity index (χ3v) is 4.63. The summed E-state index contributed by atoms with van der Waals surface area (Å²) in [7, 11) is 0. The lowest BCUT2D eigenvalue weighted by Crippen LogP contribution is -2.04. The van der Waals surface area contributed by atoms with Gasteiger partial charge in [-0.15, -0.1) is 0 Å². The van der Waals surface area contributed by atoms with E-state index in [0.717, 1.165) is 21.2 Å². The Kier molecular flexibility index (Phi) is 3.90. The second-order valence-electron chi connectivity index (χ2n) is 5.72. The maximum Gasteiger partial charge on any atom is 0.289 e. The Morgan fingerprint density at radius 2 is 1.76 bits per heavy atom. The van der Waals surface area contributed by atoms with Crippen molar-refractivity contribution in [1.29, 1.82) is 0 Å². The van der Waals surface area contributed by atoms with Gasteiger partial charge in [0, 0.05) is 15.6 Å². The highest BCUT2D eigenvalue weighted by Crippen LogP contribution is 2.35. The van der Waals surface area contributed by atoms with E-state index < -0.39 is 0 Å². The summed E-state index contributed by atoms with van der Waals surface area (Å²) < 4.78 is 6.44. The van der Waals surface area contributed by atoms with Crippen LogP contribution in [-0.2, 0) is 4.79 Å². The third kappa shape index (κ3) is 2.96. The molecular weight excluding hydrogens is 380 g/mol. The number of carbonyl (C=O) groups excluding carboxylic acids is 1. The molecule has 4 heteroatoms. The quantitative estimate of drug-likeness (QED) is 0.581. The first-order valence-electron chi connectivity index (χ1n) is 7.74. The van der Waals surface area contributed by atoms with Crippen LogP contribution in [0.3, 0.4) is 0 Å². The molecule has 0 aliphatic heterocycles. The molecule has 1 aromatic heterocycles. The maximum absolute atomic E-state index is 12.3. The molecule has 1 N–H and O–H groups in total. The largest absolute Gasteiger partial charge is 0.480 e. The summed E-state index contributed by atoms with van der Waals surface area (Å²) in [5.41, 5.74) is 3.69. The molecule has 2 aromatic carbocycles. The fourth-order valence-corrected chi connectivity index (χ4v) is 3.10. The van der Waals surface area contributed by atoms with Crippen LogP contribution in [0, 0.1) is 0 Å². The Bertz CT molecular complexity index is 1020. The summed E-state index contributed by atoms with van der Waals surface area (Å²) >= 11 is 3.39. The molecule has 0 atom stereocenters. The Morgan fingerprint density at radius 3 is 2.56 bits per heavy atom. The van der Waals surface area contributed by atoms with Crippen LogP contribution in [0.5, 0.6) is 5.95 Å². The van der Waals surface area contributed by atoms with Crippen LogP contribution >= 0.6 is 15.9 Å². The van der Waals surface area contributed by atoms with Gasteiger partial charge >= 0.3 is 0 Å². The van der Waals surface area contributed by atoms with E-state index in [-0.39, 0.29) is 11.7 Å². The van der Waals surface area contributed by atoms with Gasteiger partial charge in [-0.1, -0.05) is 58.4 Å². The molecule has 0 spiro atoms. The SMILES string of the molecule is O=C1C=Cc2ccccc2C1=Cc1cc(-c2ccc(Br)cc2)oc1O. The van der Waals surface area contributed by atoms with E-state index in [9.17, 15) is 9.90 Å². The summed E-state index contributed by atoms with van der Waals surface area (Å²) in [5, 5.41) is 10.2. The maximum atomic E-state index is 12.3. The highest BCUT2D eigenvalue weighted by atomic mass is 79.9.